The van der Waals surface area contributed by atoms with Gasteiger partial charge in [0.25, 0.3) is 0 Å². The molecule has 1 aromatic carbocycles. The Bertz CT molecular complexity index is 481. The summed E-state index contributed by atoms with van der Waals surface area (Å²) in [7, 11) is -3.35. The first kappa shape index (κ1) is 14.0. The quantitative estimate of drug-likeness (QED) is 0.816. The Kier molecular flexibility index (Phi) is 4.54. The molecule has 0 atom stereocenters. The Hall–Kier alpha value is -1.07. The van der Waals surface area contributed by atoms with Gasteiger partial charge < -0.3 is 10.5 Å². The predicted molar refractivity (Wildman–Crippen MR) is 68.7 cm³/mol. The molecule has 0 aliphatic rings. The van der Waals surface area contributed by atoms with Gasteiger partial charge in [0.05, 0.1) is 29.0 Å². The van der Waals surface area contributed by atoms with Crippen molar-refractivity contribution in [3.8, 4) is 0 Å². The molecule has 1 aromatic rings. The van der Waals surface area contributed by atoms with Crippen LogP contribution >= 0.6 is 0 Å². The fourth-order valence-corrected chi connectivity index (χ4v) is 2.68. The van der Waals surface area contributed by atoms with Gasteiger partial charge in [0.15, 0.2) is 9.84 Å². The van der Waals surface area contributed by atoms with Crippen LogP contribution in [0.5, 0.6) is 0 Å². The maximum absolute atomic E-state index is 12.0. The fourth-order valence-electron chi connectivity index (χ4n) is 1.45. The lowest BCUT2D eigenvalue weighted by atomic mass is 10.2. The second-order valence-corrected chi connectivity index (χ2v) is 6.36. The van der Waals surface area contributed by atoms with Crippen LogP contribution in [0.15, 0.2) is 23.1 Å². The maximum atomic E-state index is 12.0. The third-order valence-electron chi connectivity index (χ3n) is 2.30. The van der Waals surface area contributed by atoms with Crippen LogP contribution in [0.4, 0.5) is 5.69 Å². The van der Waals surface area contributed by atoms with Crippen LogP contribution < -0.4 is 5.73 Å². The number of hydrogen-bond acceptors (Lipinski definition) is 4. The first-order valence-electron chi connectivity index (χ1n) is 5.53. The molecule has 0 radical (unpaired) electrons. The molecule has 0 spiro atoms. The van der Waals surface area contributed by atoms with E-state index in [1.165, 1.54) is 0 Å². The molecule has 0 saturated heterocycles. The van der Waals surface area contributed by atoms with Crippen LogP contribution in [0, 0.1) is 6.92 Å². The van der Waals surface area contributed by atoms with Gasteiger partial charge in [-0.25, -0.2) is 8.42 Å². The van der Waals surface area contributed by atoms with E-state index in [9.17, 15) is 8.42 Å². The average molecular weight is 257 g/mol. The van der Waals surface area contributed by atoms with Crippen LogP contribution in [-0.2, 0) is 14.6 Å². The molecular formula is C12H19NO3S. The summed E-state index contributed by atoms with van der Waals surface area (Å²) >= 11 is 0. The minimum Gasteiger partial charge on any atom is -0.398 e. The van der Waals surface area contributed by atoms with Crippen LogP contribution in [0.2, 0.25) is 0 Å². The second-order valence-electron chi connectivity index (χ2n) is 4.28. The summed E-state index contributed by atoms with van der Waals surface area (Å²) in [5.74, 6) is -0.0432. The van der Waals surface area contributed by atoms with E-state index in [1.54, 1.807) is 18.2 Å². The van der Waals surface area contributed by atoms with Crippen molar-refractivity contribution in [3.05, 3.63) is 23.8 Å². The number of sulfone groups is 1. The zero-order valence-corrected chi connectivity index (χ0v) is 11.3. The predicted octanol–water partition coefficient (Wildman–Crippen LogP) is 1.78. The van der Waals surface area contributed by atoms with Gasteiger partial charge in [-0.05, 0) is 38.5 Å². The number of rotatable bonds is 5. The van der Waals surface area contributed by atoms with Crippen molar-refractivity contribution in [1.82, 2.24) is 0 Å². The highest BCUT2D eigenvalue weighted by molar-refractivity contribution is 7.91. The molecule has 4 nitrogen and oxygen atoms in total. The summed E-state index contributed by atoms with van der Waals surface area (Å²) in [4.78, 5) is 0.190. The van der Waals surface area contributed by atoms with Crippen molar-refractivity contribution in [2.75, 3.05) is 18.1 Å². The zero-order chi connectivity index (χ0) is 13.1. The number of anilines is 1. The molecule has 0 aliphatic carbocycles. The van der Waals surface area contributed by atoms with E-state index in [0.29, 0.717) is 5.69 Å². The maximum Gasteiger partial charge on any atom is 0.182 e. The summed E-state index contributed by atoms with van der Waals surface area (Å²) in [6, 6.07) is 4.96. The summed E-state index contributed by atoms with van der Waals surface area (Å²) < 4.78 is 29.2. The molecule has 2 N–H and O–H groups in total. The van der Waals surface area contributed by atoms with E-state index in [0.717, 1.165) is 5.56 Å². The smallest absolute Gasteiger partial charge is 0.182 e. The second kappa shape index (κ2) is 5.51. The van der Waals surface area contributed by atoms with Gasteiger partial charge in [0, 0.05) is 0 Å². The largest absolute Gasteiger partial charge is 0.398 e. The van der Waals surface area contributed by atoms with E-state index in [1.807, 2.05) is 20.8 Å². The van der Waals surface area contributed by atoms with E-state index in [2.05, 4.69) is 0 Å². The van der Waals surface area contributed by atoms with Gasteiger partial charge in [0.1, 0.15) is 0 Å². The average Bonchev–Trinajstić information content (AvgIpc) is 2.15. The Morgan fingerprint density at radius 3 is 2.53 bits per heavy atom. The highest BCUT2D eigenvalue weighted by atomic mass is 32.2. The SMILES string of the molecule is Cc1ccc(S(=O)(=O)CCOC(C)C)c(N)c1. The number of ether oxygens (including phenoxy) is 1. The molecule has 0 unspecified atom stereocenters. The van der Waals surface area contributed by atoms with Gasteiger partial charge in [-0.2, -0.15) is 0 Å². The number of nitrogens with two attached hydrogens (primary N) is 1. The van der Waals surface area contributed by atoms with Crippen molar-refractivity contribution in [3.63, 3.8) is 0 Å². The molecule has 0 aliphatic heterocycles. The normalized spacial score (nSPS) is 12.0. The van der Waals surface area contributed by atoms with Crippen molar-refractivity contribution >= 4 is 15.5 Å². The Balaban J connectivity index is 2.83. The fraction of sp³-hybridized carbons (Fsp3) is 0.500. The minimum absolute atomic E-state index is 0.0283. The van der Waals surface area contributed by atoms with Gasteiger partial charge in [0.2, 0.25) is 0 Å². The molecule has 0 aromatic heterocycles. The highest BCUT2D eigenvalue weighted by Gasteiger charge is 2.17. The molecule has 5 heteroatoms. The van der Waals surface area contributed by atoms with Crippen LogP contribution in [0.25, 0.3) is 0 Å². The molecule has 0 heterocycles. The molecule has 0 saturated carbocycles. The van der Waals surface area contributed by atoms with Crippen molar-refractivity contribution in [2.24, 2.45) is 0 Å². The van der Waals surface area contributed by atoms with Crippen LogP contribution in [0.3, 0.4) is 0 Å². The standard InChI is InChI=1S/C12H19NO3S/c1-9(2)16-6-7-17(14,15)12-5-4-10(3)8-11(12)13/h4-5,8-9H,6-7,13H2,1-3H3. The van der Waals surface area contributed by atoms with E-state index < -0.39 is 9.84 Å². The van der Waals surface area contributed by atoms with Crippen LogP contribution in [-0.4, -0.2) is 26.9 Å². The highest BCUT2D eigenvalue weighted by Crippen LogP contribution is 2.20. The van der Waals surface area contributed by atoms with Crippen molar-refractivity contribution in [2.45, 2.75) is 31.8 Å². The number of hydrogen-bond donors (Lipinski definition) is 1. The first-order chi connectivity index (χ1) is 7.83. The van der Waals surface area contributed by atoms with Gasteiger partial charge >= 0.3 is 0 Å². The summed E-state index contributed by atoms with van der Waals surface area (Å²) in [5, 5.41) is 0. The van der Waals surface area contributed by atoms with E-state index in [4.69, 9.17) is 10.5 Å². The minimum atomic E-state index is -3.35. The first-order valence-corrected chi connectivity index (χ1v) is 7.18. The van der Waals surface area contributed by atoms with Gasteiger partial charge in [-0.15, -0.1) is 0 Å². The number of aryl methyl sites for hydroxylation is 1. The molecule has 0 amide bonds. The summed E-state index contributed by atoms with van der Waals surface area (Å²) in [5.41, 5.74) is 6.96. The third-order valence-corrected chi connectivity index (χ3v) is 4.05. The van der Waals surface area contributed by atoms with Crippen LogP contribution in [0.1, 0.15) is 19.4 Å². The Morgan fingerprint density at radius 1 is 1.35 bits per heavy atom. The molecular weight excluding hydrogens is 238 g/mol. The monoisotopic (exact) mass is 257 g/mol. The molecule has 96 valence electrons. The Labute approximate surface area is 103 Å². The third kappa shape index (κ3) is 4.02. The number of nitrogen functional groups attached to an aromatic ring is 1. The lowest BCUT2D eigenvalue weighted by molar-refractivity contribution is 0.0912. The van der Waals surface area contributed by atoms with Crippen molar-refractivity contribution in [1.29, 1.82) is 0 Å². The van der Waals surface area contributed by atoms with Gasteiger partial charge in [-0.3, -0.25) is 0 Å². The Morgan fingerprint density at radius 2 is 2.00 bits per heavy atom. The summed E-state index contributed by atoms with van der Waals surface area (Å²) in [6.07, 6.45) is 0.0283. The number of benzene rings is 1. The molecule has 0 fully saturated rings. The van der Waals surface area contributed by atoms with Gasteiger partial charge in [-0.1, -0.05) is 6.07 Å². The topological polar surface area (TPSA) is 69.4 Å². The lowest BCUT2D eigenvalue weighted by Crippen LogP contribution is -2.16. The molecule has 17 heavy (non-hydrogen) atoms. The van der Waals surface area contributed by atoms with E-state index in [-0.39, 0.29) is 23.4 Å². The molecule has 1 rings (SSSR count). The van der Waals surface area contributed by atoms with Crippen molar-refractivity contribution < 1.29 is 13.2 Å². The summed E-state index contributed by atoms with van der Waals surface area (Å²) in [6.45, 7) is 5.79. The lowest BCUT2D eigenvalue weighted by Gasteiger charge is -2.10. The zero-order valence-electron chi connectivity index (χ0n) is 10.4. The molecule has 0 bridgehead atoms. The van der Waals surface area contributed by atoms with E-state index >= 15 is 0 Å².